The number of rotatable bonds is 3. The third-order valence-corrected chi connectivity index (χ3v) is 3.05. The van der Waals surface area contributed by atoms with Crippen molar-refractivity contribution in [1.82, 2.24) is 0 Å². The molecular formula is C14H18N2O. The van der Waals surface area contributed by atoms with E-state index in [0.29, 0.717) is 6.54 Å². The summed E-state index contributed by atoms with van der Waals surface area (Å²) in [6.07, 6.45) is 0.929. The monoisotopic (exact) mass is 230 g/mol. The molecule has 0 N–H and O–H groups in total. The lowest BCUT2D eigenvalue weighted by Crippen LogP contribution is -2.32. The second kappa shape index (κ2) is 5.13. The fraction of sp³-hybridized carbons (Fsp3) is 0.429. The van der Waals surface area contributed by atoms with Gasteiger partial charge in [0.2, 0.25) is 0 Å². The van der Waals surface area contributed by atoms with Gasteiger partial charge in [-0.1, -0.05) is 18.2 Å². The predicted octanol–water partition coefficient (Wildman–Crippen LogP) is 2.29. The van der Waals surface area contributed by atoms with Crippen LogP contribution in [0, 0.1) is 0 Å². The molecule has 0 atom stereocenters. The van der Waals surface area contributed by atoms with Gasteiger partial charge in [-0.2, -0.15) is 0 Å². The summed E-state index contributed by atoms with van der Waals surface area (Å²) in [7, 11) is 0. The molecule has 3 nitrogen and oxygen atoms in total. The minimum Gasteiger partial charge on any atom is -0.371 e. The Balaban J connectivity index is 2.34. The molecule has 1 heterocycles. The third kappa shape index (κ3) is 2.54. The summed E-state index contributed by atoms with van der Waals surface area (Å²) in [5.74, 6) is 0.118. The molecule has 1 aliphatic rings. The maximum atomic E-state index is 11.0. The van der Waals surface area contributed by atoms with Crippen molar-refractivity contribution in [2.24, 2.45) is 4.99 Å². The van der Waals surface area contributed by atoms with E-state index in [1.807, 2.05) is 6.07 Å². The van der Waals surface area contributed by atoms with Gasteiger partial charge in [0.15, 0.2) is 5.78 Å². The lowest BCUT2D eigenvalue weighted by atomic mass is 9.99. The lowest BCUT2D eigenvalue weighted by Gasteiger charge is -2.31. The molecule has 0 fully saturated rings. The molecule has 0 saturated heterocycles. The number of hydrogen-bond donors (Lipinski definition) is 0. The van der Waals surface area contributed by atoms with Gasteiger partial charge in [-0.15, -0.1) is 0 Å². The van der Waals surface area contributed by atoms with Crippen LogP contribution in [0.5, 0.6) is 0 Å². The van der Waals surface area contributed by atoms with Crippen LogP contribution in [0.3, 0.4) is 0 Å². The summed E-state index contributed by atoms with van der Waals surface area (Å²) in [6.45, 7) is 6.04. The molecule has 2 rings (SSSR count). The van der Waals surface area contributed by atoms with Crippen molar-refractivity contribution in [3.05, 3.63) is 29.8 Å². The maximum Gasteiger partial charge on any atom is 0.151 e. The first-order valence-corrected chi connectivity index (χ1v) is 6.09. The second-order valence-corrected chi connectivity index (χ2v) is 4.31. The third-order valence-electron chi connectivity index (χ3n) is 3.05. The highest BCUT2D eigenvalue weighted by atomic mass is 16.1. The number of ketones is 1. The van der Waals surface area contributed by atoms with Crippen molar-refractivity contribution < 1.29 is 4.79 Å². The van der Waals surface area contributed by atoms with Crippen LogP contribution in [0.2, 0.25) is 0 Å². The van der Waals surface area contributed by atoms with E-state index in [-0.39, 0.29) is 5.78 Å². The van der Waals surface area contributed by atoms with Gasteiger partial charge in [0, 0.05) is 36.5 Å². The van der Waals surface area contributed by atoms with E-state index in [1.165, 1.54) is 11.3 Å². The Hall–Kier alpha value is -1.64. The number of para-hydroxylation sites is 1. The minimum atomic E-state index is 0.118. The van der Waals surface area contributed by atoms with Crippen molar-refractivity contribution in [3.8, 4) is 0 Å². The first-order valence-electron chi connectivity index (χ1n) is 6.09. The smallest absolute Gasteiger partial charge is 0.151 e. The Morgan fingerprint density at radius 1 is 1.41 bits per heavy atom. The van der Waals surface area contributed by atoms with E-state index < -0.39 is 0 Å². The second-order valence-electron chi connectivity index (χ2n) is 4.31. The van der Waals surface area contributed by atoms with Crippen LogP contribution >= 0.6 is 0 Å². The highest BCUT2D eigenvalue weighted by Crippen LogP contribution is 2.26. The maximum absolute atomic E-state index is 11.0. The summed E-state index contributed by atoms with van der Waals surface area (Å²) in [4.78, 5) is 17.8. The van der Waals surface area contributed by atoms with Crippen LogP contribution in [-0.2, 0) is 4.79 Å². The molecule has 1 aromatic rings. The SMILES string of the molecule is CCN1CCC(=NCC(C)=O)c2ccccc21. The van der Waals surface area contributed by atoms with Crippen molar-refractivity contribution >= 4 is 17.2 Å². The first-order chi connectivity index (χ1) is 8.22. The molecule has 1 aromatic carbocycles. The van der Waals surface area contributed by atoms with Gasteiger partial charge >= 0.3 is 0 Å². The molecule has 0 spiro atoms. The van der Waals surface area contributed by atoms with E-state index in [2.05, 4.69) is 35.0 Å². The highest BCUT2D eigenvalue weighted by molar-refractivity contribution is 6.07. The molecule has 0 aromatic heterocycles. The molecule has 0 saturated carbocycles. The van der Waals surface area contributed by atoms with E-state index >= 15 is 0 Å². The number of carbonyl (C=O) groups is 1. The van der Waals surface area contributed by atoms with Crippen LogP contribution < -0.4 is 4.90 Å². The van der Waals surface area contributed by atoms with Gasteiger partial charge in [0.05, 0.1) is 6.54 Å². The lowest BCUT2D eigenvalue weighted by molar-refractivity contribution is -0.115. The van der Waals surface area contributed by atoms with E-state index in [1.54, 1.807) is 6.92 Å². The number of fused-ring (bicyclic) bond motifs is 1. The van der Waals surface area contributed by atoms with Gasteiger partial charge < -0.3 is 4.90 Å². The quantitative estimate of drug-likeness (QED) is 0.798. The Bertz CT molecular complexity index is 451. The normalized spacial score (nSPS) is 17.1. The molecule has 0 aliphatic carbocycles. The molecule has 3 heteroatoms. The number of aliphatic imine (C=N–C) groups is 1. The Kier molecular flexibility index (Phi) is 3.57. The Morgan fingerprint density at radius 2 is 2.18 bits per heavy atom. The number of Topliss-reactive ketones (excluding diaryl/α,β-unsaturated/α-hetero) is 1. The summed E-state index contributed by atoms with van der Waals surface area (Å²) in [5, 5.41) is 0. The average molecular weight is 230 g/mol. The molecule has 1 aliphatic heterocycles. The molecular weight excluding hydrogens is 212 g/mol. The van der Waals surface area contributed by atoms with Crippen molar-refractivity contribution in [2.45, 2.75) is 20.3 Å². The predicted molar refractivity (Wildman–Crippen MR) is 71.0 cm³/mol. The standard InChI is InChI=1S/C14H18N2O/c1-3-16-9-8-13(15-10-11(2)17)12-6-4-5-7-14(12)16/h4-7H,3,8-10H2,1-2H3. The fourth-order valence-corrected chi connectivity index (χ4v) is 2.19. The zero-order chi connectivity index (χ0) is 12.3. The van der Waals surface area contributed by atoms with Crippen molar-refractivity contribution in [1.29, 1.82) is 0 Å². The van der Waals surface area contributed by atoms with Crippen molar-refractivity contribution in [3.63, 3.8) is 0 Å². The van der Waals surface area contributed by atoms with E-state index in [9.17, 15) is 4.79 Å². The average Bonchev–Trinajstić information content (AvgIpc) is 2.35. The number of hydrogen-bond acceptors (Lipinski definition) is 3. The van der Waals surface area contributed by atoms with Crippen molar-refractivity contribution in [2.75, 3.05) is 24.5 Å². The Labute approximate surface area is 102 Å². The summed E-state index contributed by atoms with van der Waals surface area (Å²) in [6, 6.07) is 8.30. The molecule has 0 unspecified atom stereocenters. The minimum absolute atomic E-state index is 0.118. The molecule has 0 amide bonds. The highest BCUT2D eigenvalue weighted by Gasteiger charge is 2.19. The Morgan fingerprint density at radius 3 is 2.88 bits per heavy atom. The number of anilines is 1. The van der Waals surface area contributed by atoms with Crippen LogP contribution in [0.15, 0.2) is 29.3 Å². The van der Waals surface area contributed by atoms with Crippen LogP contribution in [0.25, 0.3) is 0 Å². The van der Waals surface area contributed by atoms with Gasteiger partial charge in [0.1, 0.15) is 0 Å². The van der Waals surface area contributed by atoms with Crippen LogP contribution in [-0.4, -0.2) is 31.1 Å². The van der Waals surface area contributed by atoms with Crippen LogP contribution in [0.1, 0.15) is 25.8 Å². The zero-order valence-corrected chi connectivity index (χ0v) is 10.4. The summed E-state index contributed by atoms with van der Waals surface area (Å²) >= 11 is 0. The molecule has 17 heavy (non-hydrogen) atoms. The van der Waals surface area contributed by atoms with E-state index in [4.69, 9.17) is 0 Å². The van der Waals surface area contributed by atoms with Crippen LogP contribution in [0.4, 0.5) is 5.69 Å². The summed E-state index contributed by atoms with van der Waals surface area (Å²) < 4.78 is 0. The summed E-state index contributed by atoms with van der Waals surface area (Å²) in [5.41, 5.74) is 3.49. The number of carbonyl (C=O) groups excluding carboxylic acids is 1. The largest absolute Gasteiger partial charge is 0.371 e. The van der Waals surface area contributed by atoms with Gasteiger partial charge in [-0.05, 0) is 19.9 Å². The molecule has 0 bridgehead atoms. The van der Waals surface area contributed by atoms with Gasteiger partial charge in [-0.25, -0.2) is 0 Å². The van der Waals surface area contributed by atoms with Gasteiger partial charge in [-0.3, -0.25) is 9.79 Å². The van der Waals surface area contributed by atoms with Gasteiger partial charge in [0.25, 0.3) is 0 Å². The molecule has 90 valence electrons. The fourth-order valence-electron chi connectivity index (χ4n) is 2.19. The number of nitrogens with zero attached hydrogens (tertiary/aromatic N) is 2. The van der Waals surface area contributed by atoms with E-state index in [0.717, 1.165) is 25.2 Å². The zero-order valence-electron chi connectivity index (χ0n) is 10.4. The topological polar surface area (TPSA) is 32.7 Å². The molecule has 0 radical (unpaired) electrons. The first kappa shape index (κ1) is 11.8. The number of benzene rings is 1.